The van der Waals surface area contributed by atoms with Crippen LogP contribution in [0.1, 0.15) is 17.0 Å². The van der Waals surface area contributed by atoms with Gasteiger partial charge < -0.3 is 15.7 Å². The topological polar surface area (TPSA) is 90.8 Å². The van der Waals surface area contributed by atoms with Crippen LogP contribution < -0.4 is 11.3 Å². The molecule has 0 amide bonds. The lowest BCUT2D eigenvalue weighted by Gasteiger charge is -2.27. The third-order valence-electron chi connectivity index (χ3n) is 5.32. The summed E-state index contributed by atoms with van der Waals surface area (Å²) < 4.78 is 0. The number of hydrogen-bond donors (Lipinski definition) is 3. The number of benzene rings is 2. The summed E-state index contributed by atoms with van der Waals surface area (Å²) in [5, 5.41) is 1.22. The number of aromatic nitrogens is 3. The predicted octanol–water partition coefficient (Wildman–Crippen LogP) is 3.06. The predicted molar refractivity (Wildman–Crippen MR) is 111 cm³/mol. The number of hydrogen-bond acceptors (Lipinski definition) is 4. The van der Waals surface area contributed by atoms with Crippen LogP contribution in [-0.4, -0.2) is 26.4 Å². The first-order chi connectivity index (χ1) is 13.7. The SMILES string of the molecule is Nc1ccc(-c2nc3c(c(=O)[nH]2)CCN(Cc2cc4ccccc4[nH]2)C3)cc1. The van der Waals surface area contributed by atoms with Gasteiger partial charge in [0.05, 0.1) is 5.69 Å². The van der Waals surface area contributed by atoms with Gasteiger partial charge in [0, 0.05) is 47.7 Å². The third-order valence-corrected chi connectivity index (χ3v) is 5.32. The highest BCUT2D eigenvalue weighted by molar-refractivity contribution is 5.80. The lowest BCUT2D eigenvalue weighted by atomic mass is 10.1. The molecule has 2 aromatic carbocycles. The van der Waals surface area contributed by atoms with Gasteiger partial charge in [0.2, 0.25) is 0 Å². The normalized spacial score (nSPS) is 14.3. The lowest BCUT2D eigenvalue weighted by Crippen LogP contribution is -2.35. The molecule has 0 bridgehead atoms. The van der Waals surface area contributed by atoms with Gasteiger partial charge in [-0.15, -0.1) is 0 Å². The Bertz CT molecular complexity index is 1170. The Morgan fingerprint density at radius 2 is 1.89 bits per heavy atom. The fourth-order valence-corrected chi connectivity index (χ4v) is 3.87. The second kappa shape index (κ2) is 6.65. The van der Waals surface area contributed by atoms with Crippen molar-refractivity contribution < 1.29 is 0 Å². The van der Waals surface area contributed by atoms with Crippen LogP contribution in [0.3, 0.4) is 0 Å². The van der Waals surface area contributed by atoms with E-state index in [1.54, 1.807) is 0 Å². The number of fused-ring (bicyclic) bond motifs is 2. The van der Waals surface area contributed by atoms with E-state index in [-0.39, 0.29) is 5.56 Å². The molecule has 4 aromatic rings. The number of H-pyrrole nitrogens is 2. The quantitative estimate of drug-likeness (QED) is 0.483. The van der Waals surface area contributed by atoms with Crippen LogP contribution in [0, 0.1) is 0 Å². The highest BCUT2D eigenvalue weighted by Gasteiger charge is 2.22. The Hall–Kier alpha value is -3.38. The number of nitrogens with two attached hydrogens (primary N) is 1. The average Bonchev–Trinajstić information content (AvgIpc) is 3.10. The second-order valence-electron chi connectivity index (χ2n) is 7.30. The van der Waals surface area contributed by atoms with Crippen molar-refractivity contribution in [2.45, 2.75) is 19.5 Å². The summed E-state index contributed by atoms with van der Waals surface area (Å²) in [5.41, 5.74) is 11.3. The molecule has 0 atom stereocenters. The maximum Gasteiger partial charge on any atom is 0.254 e. The summed E-state index contributed by atoms with van der Waals surface area (Å²) in [6.45, 7) is 2.31. The van der Waals surface area contributed by atoms with Gasteiger partial charge in [-0.1, -0.05) is 18.2 Å². The zero-order chi connectivity index (χ0) is 19.1. The number of nitrogens with zero attached hydrogens (tertiary/aromatic N) is 2. The van der Waals surface area contributed by atoms with Gasteiger partial charge in [-0.05, 0) is 48.2 Å². The van der Waals surface area contributed by atoms with Crippen molar-refractivity contribution in [2.24, 2.45) is 0 Å². The van der Waals surface area contributed by atoms with E-state index in [9.17, 15) is 4.79 Å². The molecule has 28 heavy (non-hydrogen) atoms. The molecule has 3 heterocycles. The number of anilines is 1. The molecule has 6 nitrogen and oxygen atoms in total. The van der Waals surface area contributed by atoms with E-state index < -0.39 is 0 Å². The molecule has 0 unspecified atom stereocenters. The first kappa shape index (κ1) is 16.8. The van der Waals surface area contributed by atoms with Gasteiger partial charge in [-0.25, -0.2) is 4.98 Å². The van der Waals surface area contributed by atoms with Crippen LogP contribution in [0.25, 0.3) is 22.3 Å². The number of rotatable bonds is 3. The first-order valence-electron chi connectivity index (χ1n) is 9.43. The average molecular weight is 371 g/mol. The molecule has 0 radical (unpaired) electrons. The minimum Gasteiger partial charge on any atom is -0.399 e. The third kappa shape index (κ3) is 3.08. The van der Waals surface area contributed by atoms with Crippen LogP contribution >= 0.6 is 0 Å². The number of aromatic amines is 2. The molecule has 6 heteroatoms. The highest BCUT2D eigenvalue weighted by atomic mass is 16.1. The Morgan fingerprint density at radius 3 is 2.71 bits per heavy atom. The van der Waals surface area contributed by atoms with Gasteiger partial charge in [0.15, 0.2) is 0 Å². The standard InChI is InChI=1S/C22H21N5O/c23-16-7-5-14(6-8-16)21-25-20-13-27(10-9-18(20)22(28)26-21)12-17-11-15-3-1-2-4-19(15)24-17/h1-8,11,24H,9-10,12-13,23H2,(H,25,26,28). The monoisotopic (exact) mass is 371 g/mol. The molecule has 1 aliphatic heterocycles. The fourth-order valence-electron chi connectivity index (χ4n) is 3.87. The molecule has 0 spiro atoms. The fraction of sp³-hybridized carbons (Fsp3) is 0.182. The van der Waals surface area contributed by atoms with Crippen LogP contribution in [-0.2, 0) is 19.5 Å². The molecule has 0 saturated carbocycles. The molecule has 140 valence electrons. The molecule has 4 N–H and O–H groups in total. The molecule has 0 fully saturated rings. The van der Waals surface area contributed by atoms with Gasteiger partial charge in [-0.3, -0.25) is 9.69 Å². The molecular weight excluding hydrogens is 350 g/mol. The Kier molecular flexibility index (Phi) is 3.98. The minimum atomic E-state index is -0.0397. The van der Waals surface area contributed by atoms with Crippen LogP contribution in [0.5, 0.6) is 0 Å². The largest absolute Gasteiger partial charge is 0.399 e. The summed E-state index contributed by atoms with van der Waals surface area (Å²) in [6.07, 6.45) is 0.708. The van der Waals surface area contributed by atoms with Gasteiger partial charge in [-0.2, -0.15) is 0 Å². The zero-order valence-electron chi connectivity index (χ0n) is 15.4. The Labute approximate surface area is 162 Å². The van der Waals surface area contributed by atoms with Crippen molar-refractivity contribution in [3.63, 3.8) is 0 Å². The van der Waals surface area contributed by atoms with Gasteiger partial charge in [0.25, 0.3) is 5.56 Å². The smallest absolute Gasteiger partial charge is 0.254 e. The van der Waals surface area contributed by atoms with E-state index in [1.807, 2.05) is 36.4 Å². The maximum atomic E-state index is 12.6. The van der Waals surface area contributed by atoms with Gasteiger partial charge >= 0.3 is 0 Å². The van der Waals surface area contributed by atoms with E-state index in [0.717, 1.165) is 35.4 Å². The molecule has 1 aliphatic rings. The lowest BCUT2D eigenvalue weighted by molar-refractivity contribution is 0.238. The van der Waals surface area contributed by atoms with Crippen molar-refractivity contribution >= 4 is 16.6 Å². The Balaban J connectivity index is 1.42. The zero-order valence-corrected chi connectivity index (χ0v) is 15.4. The van der Waals surface area contributed by atoms with Crippen LogP contribution in [0.4, 0.5) is 5.69 Å². The Morgan fingerprint density at radius 1 is 1.07 bits per heavy atom. The van der Waals surface area contributed by atoms with E-state index >= 15 is 0 Å². The van der Waals surface area contributed by atoms with E-state index in [0.29, 0.717) is 24.5 Å². The first-order valence-corrected chi connectivity index (χ1v) is 9.43. The van der Waals surface area contributed by atoms with Crippen molar-refractivity contribution in [3.05, 3.63) is 81.9 Å². The summed E-state index contributed by atoms with van der Waals surface area (Å²) in [7, 11) is 0. The van der Waals surface area contributed by atoms with E-state index in [2.05, 4.69) is 33.1 Å². The molecule has 0 aliphatic carbocycles. The maximum absolute atomic E-state index is 12.6. The minimum absolute atomic E-state index is 0.0397. The van der Waals surface area contributed by atoms with Crippen LogP contribution in [0.15, 0.2) is 59.4 Å². The van der Waals surface area contributed by atoms with Gasteiger partial charge in [0.1, 0.15) is 5.82 Å². The second-order valence-corrected chi connectivity index (χ2v) is 7.30. The molecular formula is C22H21N5O. The van der Waals surface area contributed by atoms with E-state index in [1.165, 1.54) is 11.1 Å². The summed E-state index contributed by atoms with van der Waals surface area (Å²) >= 11 is 0. The number of nitrogens with one attached hydrogen (secondary N) is 2. The summed E-state index contributed by atoms with van der Waals surface area (Å²) in [5.74, 6) is 0.594. The molecule has 5 rings (SSSR count). The number of nitrogen functional groups attached to an aromatic ring is 1. The van der Waals surface area contributed by atoms with Crippen molar-refractivity contribution in [1.82, 2.24) is 19.9 Å². The van der Waals surface area contributed by atoms with Crippen LogP contribution in [0.2, 0.25) is 0 Å². The summed E-state index contributed by atoms with van der Waals surface area (Å²) in [4.78, 5) is 26.0. The van der Waals surface area contributed by atoms with Crippen molar-refractivity contribution in [2.75, 3.05) is 12.3 Å². The molecule has 2 aromatic heterocycles. The molecule has 0 saturated heterocycles. The highest BCUT2D eigenvalue weighted by Crippen LogP contribution is 2.22. The van der Waals surface area contributed by atoms with Crippen molar-refractivity contribution in [3.8, 4) is 11.4 Å². The van der Waals surface area contributed by atoms with Crippen molar-refractivity contribution in [1.29, 1.82) is 0 Å². The summed E-state index contributed by atoms with van der Waals surface area (Å²) in [6, 6.07) is 17.9. The number of para-hydroxylation sites is 1. The van der Waals surface area contributed by atoms with E-state index in [4.69, 9.17) is 10.7 Å².